The quantitative estimate of drug-likeness (QED) is 0.624. The van der Waals surface area contributed by atoms with Crippen molar-refractivity contribution < 1.29 is 9.90 Å². The molecule has 2 nitrogen and oxygen atoms in total. The molecule has 3 heteroatoms. The normalized spacial score (nSPS) is 17.0. The zero-order valence-corrected chi connectivity index (χ0v) is 7.87. The molecule has 1 N–H and O–H groups in total. The van der Waals surface area contributed by atoms with Crippen LogP contribution < -0.4 is 0 Å². The third-order valence-electron chi connectivity index (χ3n) is 1.45. The van der Waals surface area contributed by atoms with Crippen LogP contribution in [-0.4, -0.2) is 22.7 Å². The van der Waals surface area contributed by atoms with Crippen LogP contribution in [0.2, 0.25) is 0 Å². The second-order valence-electron chi connectivity index (χ2n) is 3.00. The highest BCUT2D eigenvalue weighted by molar-refractivity contribution is 7.16. The second-order valence-corrected chi connectivity index (χ2v) is 3.41. The first kappa shape index (κ1) is 10.1. The van der Waals surface area contributed by atoms with E-state index in [-0.39, 0.29) is 11.7 Å². The summed E-state index contributed by atoms with van der Waals surface area (Å²) in [6, 6.07) is 0. The summed E-state index contributed by atoms with van der Waals surface area (Å²) in [4.78, 5) is 11.1. The third kappa shape index (κ3) is 2.36. The highest BCUT2D eigenvalue weighted by atomic mass is 31.0. The molecular weight excluding hydrogens is 147 g/mol. The lowest BCUT2D eigenvalue weighted by molar-refractivity contribution is -0.136. The minimum absolute atomic E-state index is 0.0875. The van der Waals surface area contributed by atoms with Crippen molar-refractivity contribution in [1.29, 1.82) is 0 Å². The average Bonchev–Trinajstić information content (AvgIpc) is 1.86. The van der Waals surface area contributed by atoms with Crippen LogP contribution >= 0.6 is 9.24 Å². The molecule has 0 fully saturated rings. The lowest BCUT2D eigenvalue weighted by Crippen LogP contribution is -2.39. The van der Waals surface area contributed by atoms with E-state index in [1.807, 2.05) is 0 Å². The molecule has 0 aromatic carbocycles. The van der Waals surface area contributed by atoms with Gasteiger partial charge in [-0.25, -0.2) is 0 Å². The van der Waals surface area contributed by atoms with Crippen LogP contribution in [0.5, 0.6) is 0 Å². The Bertz CT molecular complexity index is 130. The topological polar surface area (TPSA) is 37.3 Å². The number of carbonyl (C=O) groups excluding carboxylic acids is 1. The fourth-order valence-electron chi connectivity index (χ4n) is 0.722. The van der Waals surface area contributed by atoms with E-state index < -0.39 is 5.60 Å². The van der Waals surface area contributed by atoms with Crippen molar-refractivity contribution in [3.8, 4) is 0 Å². The van der Waals surface area contributed by atoms with Crippen molar-refractivity contribution in [2.24, 2.45) is 5.92 Å². The molecule has 60 valence electrons. The Morgan fingerprint density at radius 3 is 2.20 bits per heavy atom. The molecule has 0 heterocycles. The van der Waals surface area contributed by atoms with Crippen molar-refractivity contribution in [2.75, 3.05) is 6.16 Å². The van der Waals surface area contributed by atoms with Gasteiger partial charge in [0, 0.05) is 5.92 Å². The van der Waals surface area contributed by atoms with Crippen LogP contribution in [0, 0.1) is 5.92 Å². The summed E-state index contributed by atoms with van der Waals surface area (Å²) in [6.07, 6.45) is 0.407. The Morgan fingerprint density at radius 1 is 1.70 bits per heavy atom. The number of Topliss-reactive ketones (excluding diaryl/α,β-unsaturated/α-hetero) is 1. The van der Waals surface area contributed by atoms with Crippen LogP contribution in [0.25, 0.3) is 0 Å². The molecule has 0 aliphatic heterocycles. The number of hydrogen-bond donors (Lipinski definition) is 1. The van der Waals surface area contributed by atoms with E-state index in [0.717, 1.165) is 0 Å². The maximum absolute atomic E-state index is 11.1. The van der Waals surface area contributed by atoms with E-state index in [2.05, 4.69) is 9.24 Å². The molecule has 0 amide bonds. The van der Waals surface area contributed by atoms with E-state index in [1.165, 1.54) is 0 Å². The summed E-state index contributed by atoms with van der Waals surface area (Å²) in [5.41, 5.74) is -1.15. The van der Waals surface area contributed by atoms with Crippen molar-refractivity contribution in [1.82, 2.24) is 0 Å². The molecule has 10 heavy (non-hydrogen) atoms. The lowest BCUT2D eigenvalue weighted by atomic mass is 9.94. The van der Waals surface area contributed by atoms with Gasteiger partial charge in [0.05, 0.1) is 0 Å². The van der Waals surface area contributed by atoms with Gasteiger partial charge in [-0.15, -0.1) is 9.24 Å². The van der Waals surface area contributed by atoms with Gasteiger partial charge in [-0.3, -0.25) is 4.79 Å². The average molecular weight is 162 g/mol. The van der Waals surface area contributed by atoms with Crippen molar-refractivity contribution in [2.45, 2.75) is 26.4 Å². The fourth-order valence-corrected chi connectivity index (χ4v) is 0.924. The molecule has 0 radical (unpaired) electrons. The molecule has 0 bridgehead atoms. The summed E-state index contributed by atoms with van der Waals surface area (Å²) >= 11 is 0. The summed E-state index contributed by atoms with van der Waals surface area (Å²) in [6.45, 7) is 5.12. The van der Waals surface area contributed by atoms with Gasteiger partial charge in [-0.1, -0.05) is 13.8 Å². The monoisotopic (exact) mass is 162 g/mol. The SMILES string of the molecule is CC(C)C(=O)C(C)(O)CP. The van der Waals surface area contributed by atoms with Crippen molar-refractivity contribution >= 4 is 15.0 Å². The van der Waals surface area contributed by atoms with Gasteiger partial charge in [0.1, 0.15) is 5.60 Å². The highest BCUT2D eigenvalue weighted by Gasteiger charge is 2.29. The van der Waals surface area contributed by atoms with Gasteiger partial charge >= 0.3 is 0 Å². The summed E-state index contributed by atoms with van der Waals surface area (Å²) in [7, 11) is 2.37. The van der Waals surface area contributed by atoms with Crippen molar-refractivity contribution in [3.63, 3.8) is 0 Å². The van der Waals surface area contributed by atoms with E-state index in [1.54, 1.807) is 20.8 Å². The van der Waals surface area contributed by atoms with Crippen LogP contribution in [0.4, 0.5) is 0 Å². The Balaban J connectivity index is 4.19. The molecule has 0 rings (SSSR count). The lowest BCUT2D eigenvalue weighted by Gasteiger charge is -2.21. The van der Waals surface area contributed by atoms with E-state index in [0.29, 0.717) is 6.16 Å². The molecular formula is C7H15O2P. The molecule has 0 aliphatic carbocycles. The Morgan fingerprint density at radius 2 is 2.10 bits per heavy atom. The van der Waals surface area contributed by atoms with Crippen molar-refractivity contribution in [3.05, 3.63) is 0 Å². The Labute approximate surface area is 64.2 Å². The minimum Gasteiger partial charge on any atom is -0.382 e. The smallest absolute Gasteiger partial charge is 0.166 e. The fraction of sp³-hybridized carbons (Fsp3) is 0.857. The first-order valence-electron chi connectivity index (χ1n) is 3.38. The van der Waals surface area contributed by atoms with Gasteiger partial charge < -0.3 is 5.11 Å². The number of hydrogen-bond acceptors (Lipinski definition) is 2. The highest BCUT2D eigenvalue weighted by Crippen LogP contribution is 2.14. The van der Waals surface area contributed by atoms with Crippen LogP contribution in [0.1, 0.15) is 20.8 Å². The standard InChI is InChI=1S/C7H15O2P/c1-5(2)6(8)7(3,9)4-10/h5,9H,4,10H2,1-3H3. The minimum atomic E-state index is -1.15. The van der Waals surface area contributed by atoms with Gasteiger partial charge in [-0.05, 0) is 13.1 Å². The predicted octanol–water partition coefficient (Wildman–Crippen LogP) is 0.838. The summed E-state index contributed by atoms with van der Waals surface area (Å²) < 4.78 is 0. The first-order chi connectivity index (χ1) is 4.41. The van der Waals surface area contributed by atoms with E-state index in [9.17, 15) is 9.90 Å². The number of ketones is 1. The molecule has 0 saturated heterocycles. The maximum Gasteiger partial charge on any atom is 0.166 e. The molecule has 0 spiro atoms. The van der Waals surface area contributed by atoms with Crippen LogP contribution in [0.15, 0.2) is 0 Å². The largest absolute Gasteiger partial charge is 0.382 e. The van der Waals surface area contributed by atoms with E-state index in [4.69, 9.17) is 0 Å². The van der Waals surface area contributed by atoms with E-state index >= 15 is 0 Å². The second kappa shape index (κ2) is 3.45. The molecule has 0 aromatic rings. The number of aliphatic hydroxyl groups is 1. The third-order valence-corrected chi connectivity index (χ3v) is 2.25. The molecule has 0 aromatic heterocycles. The molecule has 0 saturated carbocycles. The van der Waals surface area contributed by atoms with Crippen LogP contribution in [-0.2, 0) is 4.79 Å². The number of carbonyl (C=O) groups is 1. The summed E-state index contributed by atoms with van der Waals surface area (Å²) in [5, 5.41) is 9.39. The molecule has 2 unspecified atom stereocenters. The van der Waals surface area contributed by atoms with Gasteiger partial charge in [-0.2, -0.15) is 0 Å². The predicted molar refractivity (Wildman–Crippen MR) is 45.0 cm³/mol. The summed E-state index contributed by atoms with van der Waals surface area (Å²) in [5.74, 6) is -0.182. The molecule has 2 atom stereocenters. The van der Waals surface area contributed by atoms with Gasteiger partial charge in [0.25, 0.3) is 0 Å². The number of rotatable bonds is 3. The Kier molecular flexibility index (Phi) is 3.47. The van der Waals surface area contributed by atoms with Gasteiger partial charge in [0.15, 0.2) is 5.78 Å². The maximum atomic E-state index is 11.1. The zero-order chi connectivity index (χ0) is 8.36. The zero-order valence-electron chi connectivity index (χ0n) is 6.72. The first-order valence-corrected chi connectivity index (χ1v) is 4.20. The Hall–Kier alpha value is 0.0600. The van der Waals surface area contributed by atoms with Crippen LogP contribution in [0.3, 0.4) is 0 Å². The van der Waals surface area contributed by atoms with Gasteiger partial charge in [0.2, 0.25) is 0 Å². The molecule has 0 aliphatic rings.